The molecule has 188 valence electrons. The van der Waals surface area contributed by atoms with E-state index < -0.39 is 10.0 Å². The predicted octanol–water partition coefficient (Wildman–Crippen LogP) is 3.92. The second-order valence-electron chi connectivity index (χ2n) is 9.27. The van der Waals surface area contributed by atoms with E-state index in [1.54, 1.807) is 12.1 Å². The highest BCUT2D eigenvalue weighted by atomic mass is 32.2. The van der Waals surface area contributed by atoms with Gasteiger partial charge in [0.25, 0.3) is 0 Å². The molecule has 1 aliphatic carbocycles. The zero-order chi connectivity index (χ0) is 24.4. The molecule has 0 bridgehead atoms. The summed E-state index contributed by atoms with van der Waals surface area (Å²) < 4.78 is 40.8. The maximum atomic E-state index is 12.2. The number of rotatable bonds is 10. The van der Waals surface area contributed by atoms with Gasteiger partial charge in [0.1, 0.15) is 5.75 Å². The van der Waals surface area contributed by atoms with Crippen LogP contribution in [0.1, 0.15) is 26.2 Å². The third-order valence-corrected chi connectivity index (χ3v) is 8.63. The zero-order valence-electron chi connectivity index (χ0n) is 20.2. The number of anilines is 2. The number of ether oxygens (including phenoxy) is 2. The minimum atomic E-state index is -3.28. The highest BCUT2D eigenvalue weighted by Crippen LogP contribution is 2.38. The van der Waals surface area contributed by atoms with Gasteiger partial charge in [-0.1, -0.05) is 12.1 Å². The highest BCUT2D eigenvalue weighted by molar-refractivity contribution is 7.93. The van der Waals surface area contributed by atoms with Crippen LogP contribution in [0.4, 0.5) is 11.4 Å². The lowest BCUT2D eigenvalue weighted by atomic mass is 10.1. The average molecular weight is 499 g/mol. The van der Waals surface area contributed by atoms with Crippen LogP contribution in [-0.4, -0.2) is 62.6 Å². The lowest BCUT2D eigenvalue weighted by Gasteiger charge is -2.26. The highest BCUT2D eigenvalue weighted by Gasteiger charge is 2.35. The Morgan fingerprint density at radius 2 is 1.86 bits per heavy atom. The SMILES string of the molecule is CCn1c(-c2ccc(NS(=O)(=O)C3CC3)cc2)c(N)c2ccc(OCCCN3CCOCC3)cc21. The van der Waals surface area contributed by atoms with Gasteiger partial charge < -0.3 is 19.8 Å². The van der Waals surface area contributed by atoms with Gasteiger partial charge in [-0.2, -0.15) is 0 Å². The van der Waals surface area contributed by atoms with Crippen molar-refractivity contribution in [2.24, 2.45) is 0 Å². The van der Waals surface area contributed by atoms with E-state index in [0.717, 1.165) is 86.6 Å². The first-order valence-electron chi connectivity index (χ1n) is 12.4. The predicted molar refractivity (Wildman–Crippen MR) is 140 cm³/mol. The number of aromatic nitrogens is 1. The molecule has 0 unspecified atom stereocenters. The third kappa shape index (κ3) is 5.27. The van der Waals surface area contributed by atoms with Crippen LogP contribution in [0.25, 0.3) is 22.2 Å². The van der Waals surface area contributed by atoms with Gasteiger partial charge in [0.2, 0.25) is 10.0 Å². The van der Waals surface area contributed by atoms with Crippen LogP contribution in [-0.2, 0) is 21.3 Å². The fraction of sp³-hybridized carbons (Fsp3) is 0.462. The summed E-state index contributed by atoms with van der Waals surface area (Å²) in [5.41, 5.74) is 10.8. The molecule has 0 radical (unpaired) electrons. The molecular formula is C26H34N4O4S. The molecule has 2 fully saturated rings. The molecule has 35 heavy (non-hydrogen) atoms. The number of hydrogen-bond acceptors (Lipinski definition) is 6. The van der Waals surface area contributed by atoms with E-state index in [9.17, 15) is 8.42 Å². The van der Waals surface area contributed by atoms with E-state index >= 15 is 0 Å². The molecule has 1 saturated heterocycles. The first-order valence-corrected chi connectivity index (χ1v) is 14.0. The van der Waals surface area contributed by atoms with Crippen molar-refractivity contribution in [1.29, 1.82) is 0 Å². The summed E-state index contributed by atoms with van der Waals surface area (Å²) in [5, 5.41) is 0.734. The van der Waals surface area contributed by atoms with Crippen LogP contribution < -0.4 is 15.2 Å². The zero-order valence-corrected chi connectivity index (χ0v) is 21.0. The van der Waals surface area contributed by atoms with Crippen molar-refractivity contribution in [3.8, 4) is 17.0 Å². The third-order valence-electron chi connectivity index (χ3n) is 6.76. The number of nitrogens with two attached hydrogens (primary N) is 1. The Bertz CT molecular complexity index is 1280. The summed E-state index contributed by atoms with van der Waals surface area (Å²) >= 11 is 0. The normalized spacial score (nSPS) is 17.1. The largest absolute Gasteiger partial charge is 0.493 e. The molecular weight excluding hydrogens is 464 g/mol. The molecule has 1 saturated carbocycles. The minimum absolute atomic E-state index is 0.253. The molecule has 2 heterocycles. The summed E-state index contributed by atoms with van der Waals surface area (Å²) in [5.74, 6) is 0.836. The van der Waals surface area contributed by atoms with Crippen molar-refractivity contribution < 1.29 is 17.9 Å². The van der Waals surface area contributed by atoms with Gasteiger partial charge in [0, 0.05) is 48.9 Å². The monoisotopic (exact) mass is 498 g/mol. The van der Waals surface area contributed by atoms with Gasteiger partial charge in [-0.3, -0.25) is 9.62 Å². The van der Waals surface area contributed by atoms with Crippen molar-refractivity contribution in [3.05, 3.63) is 42.5 Å². The number of nitrogens with one attached hydrogen (secondary N) is 1. The Hall–Kier alpha value is -2.75. The molecule has 2 aromatic carbocycles. The number of fused-ring (bicyclic) bond motifs is 1. The summed E-state index contributed by atoms with van der Waals surface area (Å²) in [6, 6.07) is 13.5. The van der Waals surface area contributed by atoms with Crippen LogP contribution in [0.15, 0.2) is 42.5 Å². The number of nitrogens with zero attached hydrogens (tertiary/aromatic N) is 2. The minimum Gasteiger partial charge on any atom is -0.493 e. The molecule has 0 spiro atoms. The maximum absolute atomic E-state index is 12.2. The Morgan fingerprint density at radius 3 is 2.54 bits per heavy atom. The quantitative estimate of drug-likeness (QED) is 0.411. The van der Waals surface area contributed by atoms with Gasteiger partial charge >= 0.3 is 0 Å². The molecule has 8 nitrogen and oxygen atoms in total. The van der Waals surface area contributed by atoms with Crippen molar-refractivity contribution in [1.82, 2.24) is 9.47 Å². The standard InChI is InChI=1S/C26H34N4O4S/c1-2-30-24-18-21(34-15-3-12-29-13-16-33-17-14-29)8-11-23(24)25(27)26(30)19-4-6-20(7-5-19)28-35(31,32)22-9-10-22/h4-8,11,18,22,28H,2-3,9-10,12-17,27H2,1H3. The van der Waals surface area contributed by atoms with E-state index in [1.165, 1.54) is 0 Å². The van der Waals surface area contributed by atoms with Crippen LogP contribution in [0.3, 0.4) is 0 Å². The van der Waals surface area contributed by atoms with E-state index in [-0.39, 0.29) is 5.25 Å². The first-order chi connectivity index (χ1) is 17.0. The van der Waals surface area contributed by atoms with E-state index in [0.29, 0.717) is 18.0 Å². The second-order valence-corrected chi connectivity index (χ2v) is 11.2. The molecule has 0 atom stereocenters. The number of benzene rings is 2. The van der Waals surface area contributed by atoms with Gasteiger partial charge in [-0.15, -0.1) is 0 Å². The molecule has 3 aromatic rings. The summed E-state index contributed by atoms with van der Waals surface area (Å²) in [6.45, 7) is 8.13. The molecule has 1 aliphatic heterocycles. The number of morpholine rings is 1. The van der Waals surface area contributed by atoms with Crippen LogP contribution >= 0.6 is 0 Å². The Kier molecular flexibility index (Phi) is 6.91. The second kappa shape index (κ2) is 10.1. The van der Waals surface area contributed by atoms with Crippen LogP contribution in [0.5, 0.6) is 5.75 Å². The first kappa shape index (κ1) is 24.0. The summed E-state index contributed by atoms with van der Waals surface area (Å²) in [7, 11) is -3.28. The fourth-order valence-electron chi connectivity index (χ4n) is 4.71. The number of sulfonamides is 1. The fourth-order valence-corrected chi connectivity index (χ4v) is 6.10. The van der Waals surface area contributed by atoms with Crippen molar-refractivity contribution >= 4 is 32.3 Å². The number of nitrogen functional groups attached to an aromatic ring is 1. The van der Waals surface area contributed by atoms with Crippen molar-refractivity contribution in [2.45, 2.75) is 38.0 Å². The van der Waals surface area contributed by atoms with Crippen LogP contribution in [0.2, 0.25) is 0 Å². The lowest BCUT2D eigenvalue weighted by molar-refractivity contribution is 0.0358. The number of aryl methyl sites for hydroxylation is 1. The molecule has 1 aromatic heterocycles. The van der Waals surface area contributed by atoms with Gasteiger partial charge in [-0.05, 0) is 50.5 Å². The van der Waals surface area contributed by atoms with Crippen molar-refractivity contribution in [2.75, 3.05) is 49.9 Å². The van der Waals surface area contributed by atoms with Crippen LogP contribution in [0, 0.1) is 0 Å². The number of hydrogen-bond donors (Lipinski definition) is 2. The lowest BCUT2D eigenvalue weighted by Crippen LogP contribution is -2.37. The molecule has 5 rings (SSSR count). The summed E-state index contributed by atoms with van der Waals surface area (Å²) in [6.07, 6.45) is 2.44. The average Bonchev–Trinajstić information content (AvgIpc) is 3.69. The Morgan fingerprint density at radius 1 is 1.11 bits per heavy atom. The molecule has 9 heteroatoms. The maximum Gasteiger partial charge on any atom is 0.235 e. The summed E-state index contributed by atoms with van der Waals surface area (Å²) in [4.78, 5) is 2.41. The Labute approximate surface area is 207 Å². The van der Waals surface area contributed by atoms with Gasteiger partial charge in [0.05, 0.1) is 42.0 Å². The smallest absolute Gasteiger partial charge is 0.235 e. The van der Waals surface area contributed by atoms with E-state index in [1.807, 2.05) is 24.3 Å². The van der Waals surface area contributed by atoms with E-state index in [2.05, 4.69) is 27.2 Å². The topological polar surface area (TPSA) is 98.8 Å². The van der Waals surface area contributed by atoms with Gasteiger partial charge in [-0.25, -0.2) is 8.42 Å². The van der Waals surface area contributed by atoms with Gasteiger partial charge in [0.15, 0.2) is 0 Å². The molecule has 2 aliphatic rings. The Balaban J connectivity index is 1.31. The molecule has 3 N–H and O–H groups in total. The van der Waals surface area contributed by atoms with E-state index in [4.69, 9.17) is 15.2 Å². The molecule has 0 amide bonds. The van der Waals surface area contributed by atoms with Crippen molar-refractivity contribution in [3.63, 3.8) is 0 Å².